The molecule has 3 heterocycles. The number of amides is 3. The smallest absolute Gasteiger partial charge is 0.291 e. The number of rotatable bonds is 3. The Balaban J connectivity index is 1.84. The second-order valence-electron chi connectivity index (χ2n) is 7.17. The van der Waals surface area contributed by atoms with Crippen molar-refractivity contribution in [2.24, 2.45) is 11.8 Å². The molecule has 0 saturated carbocycles. The number of ether oxygens (including phenoxy) is 1. The Kier molecular flexibility index (Phi) is 3.49. The van der Waals surface area contributed by atoms with Gasteiger partial charge in [0.2, 0.25) is 17.4 Å². The summed E-state index contributed by atoms with van der Waals surface area (Å²) in [7, 11) is 1.53. The number of quaternary nitrogens is 1. The zero-order valence-corrected chi connectivity index (χ0v) is 14.5. The number of likely N-dealkylation sites (tertiary alicyclic amines) is 1. The summed E-state index contributed by atoms with van der Waals surface area (Å²) in [6.45, 7) is 4.37. The largest absolute Gasteiger partial charge is 0.383 e. The minimum absolute atomic E-state index is 0.147. The number of nitrogens with one attached hydrogen (secondary N) is 1. The lowest BCUT2D eigenvalue weighted by molar-refractivity contribution is -0.730. The number of nitrogens with zero attached hydrogens (tertiary/aromatic N) is 1. The van der Waals surface area contributed by atoms with E-state index in [0.29, 0.717) is 6.61 Å². The number of carbonyl (C=O) groups is 3. The first-order valence-electron chi connectivity index (χ1n) is 8.55. The molecule has 0 aliphatic carbocycles. The average Bonchev–Trinajstić information content (AvgIpc) is 3.13. The summed E-state index contributed by atoms with van der Waals surface area (Å²) in [5, 5.41) is 4.86. The standard InChI is InChI=1S/C18H21N3O4/c1-9-5-4-6-11-14(9)19-17(24)18(11)13-12(10(2)20-18)15(22)21(16(13)23)7-8-25-3/h4-6,10,12-13,20H,7-8H2,1-3H3,(H,19,24)/p+1/t10-,12+,13-,18-/m0/s1. The Bertz CT molecular complexity index is 793. The monoisotopic (exact) mass is 344 g/mol. The van der Waals surface area contributed by atoms with Crippen LogP contribution in [0, 0.1) is 18.8 Å². The number of hydrogen-bond acceptors (Lipinski definition) is 4. The molecule has 3 amide bonds. The van der Waals surface area contributed by atoms with Crippen LogP contribution < -0.4 is 10.6 Å². The first-order chi connectivity index (χ1) is 11.9. The van der Waals surface area contributed by atoms with Crippen molar-refractivity contribution in [1.29, 1.82) is 0 Å². The van der Waals surface area contributed by atoms with Crippen LogP contribution in [0.2, 0.25) is 0 Å². The molecule has 0 aromatic heterocycles. The Morgan fingerprint density at radius 2 is 2.04 bits per heavy atom. The molecule has 3 aliphatic rings. The molecular formula is C18H22N3O4+. The van der Waals surface area contributed by atoms with E-state index in [1.807, 2.05) is 37.4 Å². The molecule has 132 valence electrons. The van der Waals surface area contributed by atoms with Gasteiger partial charge in [-0.3, -0.25) is 19.3 Å². The highest BCUT2D eigenvalue weighted by molar-refractivity contribution is 6.14. The molecule has 0 bridgehead atoms. The second-order valence-corrected chi connectivity index (χ2v) is 7.17. The van der Waals surface area contributed by atoms with Crippen molar-refractivity contribution in [3.8, 4) is 0 Å². The number of aryl methyl sites for hydroxylation is 1. The maximum atomic E-state index is 13.1. The third kappa shape index (κ3) is 1.90. The molecular weight excluding hydrogens is 322 g/mol. The van der Waals surface area contributed by atoms with Gasteiger partial charge in [-0.2, -0.15) is 0 Å². The predicted molar refractivity (Wildman–Crippen MR) is 88.5 cm³/mol. The van der Waals surface area contributed by atoms with E-state index in [0.717, 1.165) is 16.8 Å². The highest BCUT2D eigenvalue weighted by Gasteiger charge is 2.73. The number of anilines is 1. The van der Waals surface area contributed by atoms with E-state index in [2.05, 4.69) is 5.32 Å². The SMILES string of the molecule is COCCN1C(=O)[C@@H]2[C@H](C)[NH2+][C@]3(C(=O)Nc4c(C)cccc43)[C@@H]2C1=O. The predicted octanol–water partition coefficient (Wildman–Crippen LogP) is -0.644. The van der Waals surface area contributed by atoms with Gasteiger partial charge in [-0.05, 0) is 19.4 Å². The number of imide groups is 1. The molecule has 3 N–H and O–H groups in total. The molecule has 7 heteroatoms. The van der Waals surface area contributed by atoms with Gasteiger partial charge in [0.15, 0.2) is 0 Å². The molecule has 25 heavy (non-hydrogen) atoms. The molecule has 1 spiro atoms. The number of fused-ring (bicyclic) bond motifs is 4. The Morgan fingerprint density at radius 1 is 1.28 bits per heavy atom. The van der Waals surface area contributed by atoms with E-state index in [9.17, 15) is 14.4 Å². The molecule has 2 saturated heterocycles. The Hall–Kier alpha value is -2.25. The number of nitrogens with two attached hydrogens (primary N) is 1. The fraction of sp³-hybridized carbons (Fsp3) is 0.500. The van der Waals surface area contributed by atoms with Crippen molar-refractivity contribution >= 4 is 23.4 Å². The van der Waals surface area contributed by atoms with Crippen LogP contribution in [0.5, 0.6) is 0 Å². The normalized spacial score (nSPS) is 33.2. The van der Waals surface area contributed by atoms with Gasteiger partial charge in [-0.15, -0.1) is 0 Å². The van der Waals surface area contributed by atoms with Gasteiger partial charge < -0.3 is 15.4 Å². The fourth-order valence-electron chi connectivity index (χ4n) is 4.78. The maximum Gasteiger partial charge on any atom is 0.291 e. The molecule has 0 unspecified atom stereocenters. The van der Waals surface area contributed by atoms with Gasteiger partial charge in [0, 0.05) is 12.7 Å². The first kappa shape index (κ1) is 16.2. The average molecular weight is 344 g/mol. The van der Waals surface area contributed by atoms with Crippen molar-refractivity contribution in [2.75, 3.05) is 25.6 Å². The number of methoxy groups -OCH3 is 1. The number of hydrogen-bond donors (Lipinski definition) is 2. The number of benzene rings is 1. The van der Waals surface area contributed by atoms with E-state index in [1.165, 1.54) is 12.0 Å². The Labute approximate surface area is 145 Å². The van der Waals surface area contributed by atoms with Gasteiger partial charge in [0.1, 0.15) is 11.8 Å². The molecule has 4 atom stereocenters. The summed E-state index contributed by atoms with van der Waals surface area (Å²) in [6.07, 6.45) is 0. The second kappa shape index (κ2) is 5.37. The topological polar surface area (TPSA) is 92.3 Å². The van der Waals surface area contributed by atoms with Crippen LogP contribution in [0.4, 0.5) is 5.69 Å². The van der Waals surface area contributed by atoms with Crippen LogP contribution in [0.1, 0.15) is 18.1 Å². The van der Waals surface area contributed by atoms with Gasteiger partial charge in [0.05, 0.1) is 24.9 Å². The summed E-state index contributed by atoms with van der Waals surface area (Å²) in [5.41, 5.74) is 1.49. The fourth-order valence-corrected chi connectivity index (χ4v) is 4.78. The van der Waals surface area contributed by atoms with Crippen molar-refractivity contribution in [3.63, 3.8) is 0 Å². The van der Waals surface area contributed by atoms with Crippen LogP contribution in [0.15, 0.2) is 18.2 Å². The van der Waals surface area contributed by atoms with Crippen LogP contribution >= 0.6 is 0 Å². The number of para-hydroxylation sites is 1. The third-order valence-corrected chi connectivity index (χ3v) is 5.88. The molecule has 1 aromatic rings. The third-order valence-electron chi connectivity index (χ3n) is 5.88. The minimum atomic E-state index is -1.06. The summed E-state index contributed by atoms with van der Waals surface area (Å²) in [6, 6.07) is 5.57. The summed E-state index contributed by atoms with van der Waals surface area (Å²) < 4.78 is 5.03. The van der Waals surface area contributed by atoms with Gasteiger partial charge in [-0.25, -0.2) is 0 Å². The van der Waals surface area contributed by atoms with Crippen molar-refractivity contribution in [1.82, 2.24) is 4.90 Å². The summed E-state index contributed by atoms with van der Waals surface area (Å²) in [4.78, 5) is 40.2. The zero-order chi connectivity index (χ0) is 17.9. The molecule has 1 aromatic carbocycles. The lowest BCUT2D eigenvalue weighted by Gasteiger charge is -2.25. The van der Waals surface area contributed by atoms with Gasteiger partial charge in [-0.1, -0.05) is 18.2 Å². The molecule has 3 aliphatic heterocycles. The number of carbonyl (C=O) groups excluding carboxylic acids is 3. The van der Waals surface area contributed by atoms with Crippen molar-refractivity contribution in [2.45, 2.75) is 25.4 Å². The lowest BCUT2D eigenvalue weighted by Crippen LogP contribution is -2.98. The molecule has 0 radical (unpaired) electrons. The van der Waals surface area contributed by atoms with Crippen LogP contribution in [-0.2, 0) is 24.7 Å². The molecule has 4 rings (SSSR count). The van der Waals surface area contributed by atoms with E-state index >= 15 is 0 Å². The van der Waals surface area contributed by atoms with Gasteiger partial charge >= 0.3 is 0 Å². The highest BCUT2D eigenvalue weighted by Crippen LogP contribution is 2.49. The van der Waals surface area contributed by atoms with E-state index in [4.69, 9.17) is 4.74 Å². The summed E-state index contributed by atoms with van der Waals surface area (Å²) >= 11 is 0. The van der Waals surface area contributed by atoms with Crippen molar-refractivity contribution < 1.29 is 24.4 Å². The molecule has 7 nitrogen and oxygen atoms in total. The van der Waals surface area contributed by atoms with Gasteiger partial charge in [0.25, 0.3) is 5.91 Å². The maximum absolute atomic E-state index is 13.1. The minimum Gasteiger partial charge on any atom is -0.383 e. The van der Waals surface area contributed by atoms with Crippen LogP contribution in [0.25, 0.3) is 0 Å². The van der Waals surface area contributed by atoms with Crippen LogP contribution in [-0.4, -0.2) is 48.9 Å². The van der Waals surface area contributed by atoms with Crippen molar-refractivity contribution in [3.05, 3.63) is 29.3 Å². The van der Waals surface area contributed by atoms with E-state index < -0.39 is 17.4 Å². The lowest BCUT2D eigenvalue weighted by atomic mass is 9.76. The Morgan fingerprint density at radius 3 is 2.76 bits per heavy atom. The first-order valence-corrected chi connectivity index (χ1v) is 8.55. The zero-order valence-electron chi connectivity index (χ0n) is 14.5. The highest BCUT2D eigenvalue weighted by atomic mass is 16.5. The molecule has 2 fully saturated rings. The van der Waals surface area contributed by atoms with Crippen LogP contribution in [0.3, 0.4) is 0 Å². The summed E-state index contributed by atoms with van der Waals surface area (Å²) in [5.74, 6) is -1.82. The quantitative estimate of drug-likeness (QED) is 0.713. The van der Waals surface area contributed by atoms with E-state index in [1.54, 1.807) is 0 Å². The van der Waals surface area contributed by atoms with E-state index in [-0.39, 0.29) is 30.3 Å².